The molecule has 0 spiro atoms. The van der Waals surface area contributed by atoms with Gasteiger partial charge in [-0.05, 0) is 38.6 Å². The molecule has 0 aromatic rings. The molecule has 1 N–H and O–H groups in total. The van der Waals surface area contributed by atoms with Crippen LogP contribution in [-0.2, 0) is 0 Å². The summed E-state index contributed by atoms with van der Waals surface area (Å²) in [7, 11) is 1.87. The highest BCUT2D eigenvalue weighted by Gasteiger charge is 2.28. The fourth-order valence-corrected chi connectivity index (χ4v) is 2.67. The number of nitrogens with one attached hydrogen (secondary N) is 1. The van der Waals surface area contributed by atoms with E-state index < -0.39 is 12.6 Å². The van der Waals surface area contributed by atoms with Gasteiger partial charge in [0.25, 0.3) is 0 Å². The van der Waals surface area contributed by atoms with E-state index >= 15 is 0 Å². The molecule has 1 unspecified atom stereocenters. The summed E-state index contributed by atoms with van der Waals surface area (Å²) >= 11 is 0. The number of halogens is 3. The van der Waals surface area contributed by atoms with E-state index in [0.717, 1.165) is 0 Å². The van der Waals surface area contributed by atoms with Crippen molar-refractivity contribution in [3.63, 3.8) is 0 Å². The van der Waals surface area contributed by atoms with Crippen molar-refractivity contribution in [1.82, 2.24) is 5.32 Å². The third kappa shape index (κ3) is 5.19. The first kappa shape index (κ1) is 13.8. The normalized spacial score (nSPS) is 21.0. The maximum Gasteiger partial charge on any atom is 0.389 e. The zero-order valence-corrected chi connectivity index (χ0v) is 9.95. The largest absolute Gasteiger partial charge is 0.389 e. The molecular formula is C12H22F3N. The second kappa shape index (κ2) is 6.48. The van der Waals surface area contributed by atoms with Gasteiger partial charge < -0.3 is 5.32 Å². The third-order valence-corrected chi connectivity index (χ3v) is 3.57. The molecule has 96 valence electrons. The topological polar surface area (TPSA) is 12.0 Å². The van der Waals surface area contributed by atoms with Crippen LogP contribution in [0.1, 0.15) is 51.4 Å². The molecule has 0 saturated heterocycles. The summed E-state index contributed by atoms with van der Waals surface area (Å²) in [5.41, 5.74) is 0. The molecular weight excluding hydrogens is 215 g/mol. The van der Waals surface area contributed by atoms with E-state index in [1.165, 1.54) is 32.1 Å². The Labute approximate surface area is 95.8 Å². The molecule has 0 amide bonds. The van der Waals surface area contributed by atoms with Crippen LogP contribution >= 0.6 is 0 Å². The maximum atomic E-state index is 12.0. The molecule has 1 aliphatic carbocycles. The van der Waals surface area contributed by atoms with E-state index in [-0.39, 0.29) is 12.5 Å². The predicted molar refractivity (Wildman–Crippen MR) is 59.3 cm³/mol. The van der Waals surface area contributed by atoms with Gasteiger partial charge in [-0.25, -0.2) is 0 Å². The summed E-state index contributed by atoms with van der Waals surface area (Å²) in [6.45, 7) is 0. The lowest BCUT2D eigenvalue weighted by molar-refractivity contribution is -0.136. The molecule has 4 heteroatoms. The van der Waals surface area contributed by atoms with Gasteiger partial charge in [0.2, 0.25) is 0 Å². The van der Waals surface area contributed by atoms with Crippen LogP contribution in [0.25, 0.3) is 0 Å². The van der Waals surface area contributed by atoms with Crippen LogP contribution in [0.2, 0.25) is 0 Å². The van der Waals surface area contributed by atoms with Gasteiger partial charge >= 0.3 is 6.18 Å². The van der Waals surface area contributed by atoms with Gasteiger partial charge in [-0.3, -0.25) is 0 Å². The zero-order valence-electron chi connectivity index (χ0n) is 9.95. The molecule has 1 rings (SSSR count). The maximum absolute atomic E-state index is 12.0. The van der Waals surface area contributed by atoms with Crippen molar-refractivity contribution in [2.45, 2.75) is 63.6 Å². The van der Waals surface area contributed by atoms with E-state index in [4.69, 9.17) is 0 Å². The first-order chi connectivity index (χ1) is 7.53. The van der Waals surface area contributed by atoms with Crippen LogP contribution in [0.15, 0.2) is 0 Å². The standard InChI is InChI=1S/C12H22F3N/c1-16-11(8-5-9-12(13,14)15)10-6-3-2-4-7-10/h10-11,16H,2-9H2,1H3. The first-order valence-electron chi connectivity index (χ1n) is 6.27. The molecule has 0 aromatic heterocycles. The van der Waals surface area contributed by atoms with Crippen molar-refractivity contribution in [1.29, 1.82) is 0 Å². The molecule has 0 aromatic carbocycles. The summed E-state index contributed by atoms with van der Waals surface area (Å²) in [5.74, 6) is 0.590. The minimum absolute atomic E-state index is 0.255. The summed E-state index contributed by atoms with van der Waals surface area (Å²) in [5, 5.41) is 3.19. The van der Waals surface area contributed by atoms with Gasteiger partial charge in [0, 0.05) is 12.5 Å². The van der Waals surface area contributed by atoms with E-state index in [9.17, 15) is 13.2 Å². The van der Waals surface area contributed by atoms with Crippen LogP contribution < -0.4 is 5.32 Å². The van der Waals surface area contributed by atoms with Crippen molar-refractivity contribution in [2.24, 2.45) is 5.92 Å². The summed E-state index contributed by atoms with van der Waals surface area (Å²) in [4.78, 5) is 0. The second-order valence-electron chi connectivity index (χ2n) is 4.80. The summed E-state index contributed by atoms with van der Waals surface area (Å²) in [6, 6.07) is 0.280. The van der Waals surface area contributed by atoms with Crippen molar-refractivity contribution in [2.75, 3.05) is 7.05 Å². The Morgan fingerprint density at radius 2 is 1.81 bits per heavy atom. The van der Waals surface area contributed by atoms with Crippen molar-refractivity contribution in [3.8, 4) is 0 Å². The Balaban J connectivity index is 2.25. The highest BCUT2D eigenvalue weighted by molar-refractivity contribution is 4.78. The van der Waals surface area contributed by atoms with Gasteiger partial charge in [-0.1, -0.05) is 19.3 Å². The van der Waals surface area contributed by atoms with E-state index in [2.05, 4.69) is 5.32 Å². The van der Waals surface area contributed by atoms with E-state index in [0.29, 0.717) is 12.3 Å². The highest BCUT2D eigenvalue weighted by Crippen LogP contribution is 2.30. The van der Waals surface area contributed by atoms with Crippen LogP contribution in [0.5, 0.6) is 0 Å². The fraction of sp³-hybridized carbons (Fsp3) is 1.00. The summed E-state index contributed by atoms with van der Waals surface area (Å²) < 4.78 is 36.1. The zero-order chi connectivity index (χ0) is 12.0. The Kier molecular flexibility index (Phi) is 5.59. The highest BCUT2D eigenvalue weighted by atomic mass is 19.4. The lowest BCUT2D eigenvalue weighted by Crippen LogP contribution is -2.35. The molecule has 1 nitrogen and oxygen atoms in total. The Morgan fingerprint density at radius 1 is 1.19 bits per heavy atom. The second-order valence-corrected chi connectivity index (χ2v) is 4.80. The van der Waals surface area contributed by atoms with Crippen LogP contribution in [0.4, 0.5) is 13.2 Å². The van der Waals surface area contributed by atoms with Crippen molar-refractivity contribution >= 4 is 0 Å². The van der Waals surface area contributed by atoms with Gasteiger partial charge in [-0.15, -0.1) is 0 Å². The minimum Gasteiger partial charge on any atom is -0.317 e. The van der Waals surface area contributed by atoms with Crippen molar-refractivity contribution in [3.05, 3.63) is 0 Å². The van der Waals surface area contributed by atoms with Gasteiger partial charge in [0.05, 0.1) is 0 Å². The van der Waals surface area contributed by atoms with Crippen molar-refractivity contribution < 1.29 is 13.2 Å². The van der Waals surface area contributed by atoms with Gasteiger partial charge in [0.15, 0.2) is 0 Å². The van der Waals surface area contributed by atoms with Crippen LogP contribution in [-0.4, -0.2) is 19.3 Å². The SMILES string of the molecule is CNC(CCCC(F)(F)F)C1CCCCC1. The molecule has 1 atom stereocenters. The van der Waals surface area contributed by atoms with Gasteiger partial charge in [0.1, 0.15) is 0 Å². The molecule has 0 radical (unpaired) electrons. The monoisotopic (exact) mass is 237 g/mol. The average Bonchev–Trinajstić information content (AvgIpc) is 2.24. The molecule has 0 bridgehead atoms. The first-order valence-corrected chi connectivity index (χ1v) is 6.27. The third-order valence-electron chi connectivity index (χ3n) is 3.57. The van der Waals surface area contributed by atoms with Gasteiger partial charge in [-0.2, -0.15) is 13.2 Å². The molecule has 0 aliphatic heterocycles. The lowest BCUT2D eigenvalue weighted by atomic mass is 9.82. The number of hydrogen-bond donors (Lipinski definition) is 1. The molecule has 16 heavy (non-hydrogen) atoms. The molecule has 0 heterocycles. The minimum atomic E-state index is -4.00. The smallest absolute Gasteiger partial charge is 0.317 e. The molecule has 1 saturated carbocycles. The molecule has 1 fully saturated rings. The number of rotatable bonds is 5. The quantitative estimate of drug-likeness (QED) is 0.765. The van der Waals surface area contributed by atoms with Crippen LogP contribution in [0, 0.1) is 5.92 Å². The van der Waals surface area contributed by atoms with E-state index in [1.54, 1.807) is 0 Å². The van der Waals surface area contributed by atoms with E-state index in [1.807, 2.05) is 7.05 Å². The number of hydrogen-bond acceptors (Lipinski definition) is 1. The Hall–Kier alpha value is -0.250. The number of alkyl halides is 3. The fourth-order valence-electron chi connectivity index (χ4n) is 2.67. The lowest BCUT2D eigenvalue weighted by Gasteiger charge is -2.30. The molecule has 1 aliphatic rings. The average molecular weight is 237 g/mol. The van der Waals surface area contributed by atoms with Crippen LogP contribution in [0.3, 0.4) is 0 Å². The predicted octanol–water partition coefficient (Wildman–Crippen LogP) is 3.89. The Morgan fingerprint density at radius 3 is 2.31 bits per heavy atom. The summed E-state index contributed by atoms with van der Waals surface area (Å²) in [6.07, 6.45) is 2.39. The Bertz CT molecular complexity index is 185.